The maximum absolute atomic E-state index is 12.1. The zero-order chi connectivity index (χ0) is 18.8. The van der Waals surface area contributed by atoms with Gasteiger partial charge in [0.05, 0.1) is 7.11 Å². The fourth-order valence-corrected chi connectivity index (χ4v) is 3.85. The number of nitrogens with zero attached hydrogens (tertiary/aromatic N) is 2. The quantitative estimate of drug-likeness (QED) is 0.727. The number of benzene rings is 2. The summed E-state index contributed by atoms with van der Waals surface area (Å²) in [5, 5.41) is 10.9. The van der Waals surface area contributed by atoms with Gasteiger partial charge in [0.25, 0.3) is 0 Å². The second-order valence-electron chi connectivity index (χ2n) is 6.75. The van der Waals surface area contributed by atoms with Crippen LogP contribution in [0, 0.1) is 0 Å². The topological polar surface area (TPSA) is 68.8 Å². The second kappa shape index (κ2) is 7.32. The molecule has 3 aromatic rings. The van der Waals surface area contributed by atoms with Crippen LogP contribution in [0.2, 0.25) is 0 Å². The zero-order valence-electron chi connectivity index (χ0n) is 15.3. The Morgan fingerprint density at radius 3 is 2.63 bits per heavy atom. The fourth-order valence-electron chi connectivity index (χ4n) is 3.85. The molecule has 2 aromatic carbocycles. The third-order valence-corrected chi connectivity index (χ3v) is 5.25. The first kappa shape index (κ1) is 17.4. The molecule has 0 radical (unpaired) electrons. The number of carboxylic acid groups (broad SMARTS) is 1. The van der Waals surface area contributed by atoms with Crippen LogP contribution in [0.5, 0.6) is 5.75 Å². The predicted molar refractivity (Wildman–Crippen MR) is 105 cm³/mol. The number of hydrogen-bond donors (Lipinski definition) is 2. The molecule has 4 rings (SSSR count). The number of hydrogen-bond acceptors (Lipinski definition) is 4. The maximum atomic E-state index is 12.1. The third-order valence-electron chi connectivity index (χ3n) is 5.25. The van der Waals surface area contributed by atoms with Gasteiger partial charge < -0.3 is 19.7 Å². The first-order valence-electron chi connectivity index (χ1n) is 9.09. The van der Waals surface area contributed by atoms with E-state index in [0.717, 1.165) is 41.0 Å². The molecule has 0 bridgehead atoms. The van der Waals surface area contributed by atoms with E-state index >= 15 is 0 Å². The molecule has 1 aromatic heterocycles. The summed E-state index contributed by atoms with van der Waals surface area (Å²) in [4.78, 5) is 19.6. The van der Waals surface area contributed by atoms with Gasteiger partial charge in [-0.2, -0.15) is 0 Å². The number of piperazine rings is 1. The maximum Gasteiger partial charge on any atom is 0.325 e. The van der Waals surface area contributed by atoms with E-state index in [-0.39, 0.29) is 0 Å². The van der Waals surface area contributed by atoms with Crippen molar-refractivity contribution in [3.05, 3.63) is 60.3 Å². The summed E-state index contributed by atoms with van der Waals surface area (Å²) in [7, 11) is 1.66. The highest BCUT2D eigenvalue weighted by Crippen LogP contribution is 2.30. The summed E-state index contributed by atoms with van der Waals surface area (Å²) in [6, 6.07) is 15.2. The van der Waals surface area contributed by atoms with Gasteiger partial charge in [0, 0.05) is 60.6 Å². The Morgan fingerprint density at radius 2 is 1.89 bits per heavy atom. The molecule has 0 spiro atoms. The lowest BCUT2D eigenvalue weighted by molar-refractivity contribution is -0.143. The number of aliphatic carboxylic acids is 1. The van der Waals surface area contributed by atoms with Crippen molar-refractivity contribution in [2.75, 3.05) is 38.2 Å². The molecule has 0 aliphatic carbocycles. The number of nitrogens with one attached hydrogen (secondary N) is 1. The SMILES string of the molecule is COc1cccc(N2CCN([C@H](C(=O)O)c3c[nH]c4ccccc34)CC2)c1. The molecule has 27 heavy (non-hydrogen) atoms. The Bertz CT molecular complexity index is 945. The van der Waals surface area contributed by atoms with Crippen molar-refractivity contribution in [1.82, 2.24) is 9.88 Å². The van der Waals surface area contributed by atoms with Crippen LogP contribution in [-0.2, 0) is 4.79 Å². The fraction of sp³-hybridized carbons (Fsp3) is 0.286. The number of fused-ring (bicyclic) bond motifs is 1. The average molecular weight is 365 g/mol. The molecule has 140 valence electrons. The van der Waals surface area contributed by atoms with E-state index in [1.807, 2.05) is 48.7 Å². The van der Waals surface area contributed by atoms with Crippen molar-refractivity contribution >= 4 is 22.6 Å². The highest BCUT2D eigenvalue weighted by atomic mass is 16.5. The monoisotopic (exact) mass is 365 g/mol. The predicted octanol–water partition coefficient (Wildman–Crippen LogP) is 3.12. The van der Waals surface area contributed by atoms with E-state index < -0.39 is 12.0 Å². The molecule has 1 saturated heterocycles. The van der Waals surface area contributed by atoms with Gasteiger partial charge in [-0.25, -0.2) is 0 Å². The number of anilines is 1. The van der Waals surface area contributed by atoms with Gasteiger partial charge >= 0.3 is 5.97 Å². The summed E-state index contributed by atoms with van der Waals surface area (Å²) in [6.45, 7) is 2.93. The van der Waals surface area contributed by atoms with Gasteiger partial charge in [0.15, 0.2) is 0 Å². The average Bonchev–Trinajstić information content (AvgIpc) is 3.12. The van der Waals surface area contributed by atoms with Crippen LogP contribution < -0.4 is 9.64 Å². The minimum atomic E-state index is -0.811. The van der Waals surface area contributed by atoms with Crippen molar-refractivity contribution in [1.29, 1.82) is 0 Å². The van der Waals surface area contributed by atoms with Gasteiger partial charge in [-0.15, -0.1) is 0 Å². The number of methoxy groups -OCH3 is 1. The molecular weight excluding hydrogens is 342 g/mol. The number of ether oxygens (including phenoxy) is 1. The van der Waals surface area contributed by atoms with Gasteiger partial charge in [0.2, 0.25) is 0 Å². The van der Waals surface area contributed by atoms with Crippen molar-refractivity contribution < 1.29 is 14.6 Å². The van der Waals surface area contributed by atoms with E-state index in [2.05, 4.69) is 20.9 Å². The Morgan fingerprint density at radius 1 is 1.11 bits per heavy atom. The Balaban J connectivity index is 1.53. The molecule has 1 atom stereocenters. The van der Waals surface area contributed by atoms with Gasteiger partial charge in [0.1, 0.15) is 11.8 Å². The van der Waals surface area contributed by atoms with Crippen molar-refractivity contribution in [3.63, 3.8) is 0 Å². The molecule has 1 fully saturated rings. The zero-order valence-corrected chi connectivity index (χ0v) is 15.3. The van der Waals surface area contributed by atoms with Gasteiger partial charge in [-0.1, -0.05) is 24.3 Å². The van der Waals surface area contributed by atoms with Crippen LogP contribution in [-0.4, -0.2) is 54.2 Å². The molecule has 0 saturated carbocycles. The van der Waals surface area contributed by atoms with Gasteiger partial charge in [-0.3, -0.25) is 9.69 Å². The van der Waals surface area contributed by atoms with E-state index in [1.165, 1.54) is 0 Å². The Labute approximate surface area is 158 Å². The summed E-state index contributed by atoms with van der Waals surface area (Å²) in [5.41, 5.74) is 2.90. The normalized spacial score (nSPS) is 16.4. The van der Waals surface area contributed by atoms with Crippen LogP contribution in [0.1, 0.15) is 11.6 Å². The molecular formula is C21H23N3O3. The largest absolute Gasteiger partial charge is 0.497 e. The summed E-state index contributed by atoms with van der Waals surface area (Å²) in [6.07, 6.45) is 1.83. The van der Waals surface area contributed by atoms with Crippen LogP contribution in [0.3, 0.4) is 0 Å². The molecule has 2 N–H and O–H groups in total. The summed E-state index contributed by atoms with van der Waals surface area (Å²) in [5.74, 6) is 0.0201. The second-order valence-corrected chi connectivity index (χ2v) is 6.75. The van der Waals surface area contributed by atoms with E-state index in [1.54, 1.807) is 7.11 Å². The lowest BCUT2D eigenvalue weighted by Gasteiger charge is -2.38. The number of carbonyl (C=O) groups is 1. The van der Waals surface area contributed by atoms with E-state index in [0.29, 0.717) is 13.1 Å². The Kier molecular flexibility index (Phi) is 4.73. The summed E-state index contributed by atoms with van der Waals surface area (Å²) < 4.78 is 5.31. The first-order chi connectivity index (χ1) is 13.2. The number of para-hydroxylation sites is 1. The summed E-state index contributed by atoms with van der Waals surface area (Å²) >= 11 is 0. The smallest absolute Gasteiger partial charge is 0.325 e. The van der Waals surface area contributed by atoms with Gasteiger partial charge in [-0.05, 0) is 18.2 Å². The molecule has 2 heterocycles. The molecule has 0 unspecified atom stereocenters. The van der Waals surface area contributed by atoms with Crippen molar-refractivity contribution in [3.8, 4) is 5.75 Å². The standard InChI is InChI=1S/C21H23N3O3/c1-27-16-6-4-5-15(13-16)23-9-11-24(12-10-23)20(21(25)26)18-14-22-19-8-3-2-7-17(18)19/h2-8,13-14,20,22H,9-12H2,1H3,(H,25,26)/t20-/m0/s1. The highest BCUT2D eigenvalue weighted by Gasteiger charge is 2.32. The molecule has 1 aliphatic rings. The lowest BCUT2D eigenvalue weighted by atomic mass is 10.0. The molecule has 6 nitrogen and oxygen atoms in total. The number of carboxylic acids is 1. The van der Waals surface area contributed by atoms with E-state index in [9.17, 15) is 9.90 Å². The third kappa shape index (κ3) is 3.36. The van der Waals surface area contributed by atoms with Crippen LogP contribution in [0.4, 0.5) is 5.69 Å². The number of H-pyrrole nitrogens is 1. The Hall–Kier alpha value is -2.99. The van der Waals surface area contributed by atoms with E-state index in [4.69, 9.17) is 4.74 Å². The number of aromatic nitrogens is 1. The number of rotatable bonds is 5. The number of aromatic amines is 1. The minimum absolute atomic E-state index is 0.645. The van der Waals surface area contributed by atoms with Crippen molar-refractivity contribution in [2.45, 2.75) is 6.04 Å². The van der Waals surface area contributed by atoms with Crippen molar-refractivity contribution in [2.24, 2.45) is 0 Å². The first-order valence-corrected chi connectivity index (χ1v) is 9.09. The lowest BCUT2D eigenvalue weighted by Crippen LogP contribution is -2.49. The minimum Gasteiger partial charge on any atom is -0.497 e. The van der Waals surface area contributed by atoms with Crippen LogP contribution in [0.15, 0.2) is 54.7 Å². The molecule has 0 amide bonds. The molecule has 6 heteroatoms. The van der Waals surface area contributed by atoms with Crippen LogP contribution >= 0.6 is 0 Å². The van der Waals surface area contributed by atoms with Crippen LogP contribution in [0.25, 0.3) is 10.9 Å². The highest BCUT2D eigenvalue weighted by molar-refractivity contribution is 5.89. The molecule has 1 aliphatic heterocycles.